The molecule has 0 unspecified atom stereocenters. The van der Waals surface area contributed by atoms with Crippen molar-refractivity contribution in [1.29, 1.82) is 0 Å². The summed E-state index contributed by atoms with van der Waals surface area (Å²) >= 11 is 2.01. The molecule has 0 radical (unpaired) electrons. The van der Waals surface area contributed by atoms with E-state index in [-0.39, 0.29) is 0 Å². The van der Waals surface area contributed by atoms with Crippen LogP contribution < -0.4 is 10.6 Å². The quantitative estimate of drug-likeness (QED) is 0.858. The van der Waals surface area contributed by atoms with Gasteiger partial charge in [0.1, 0.15) is 0 Å². The maximum atomic E-state index is 6.14. The molecule has 1 saturated heterocycles. The molecular formula is C11H20N4S. The molecule has 0 amide bonds. The van der Waals surface area contributed by atoms with Crippen molar-refractivity contribution < 1.29 is 0 Å². The van der Waals surface area contributed by atoms with Gasteiger partial charge in [-0.05, 0) is 20.8 Å². The summed E-state index contributed by atoms with van der Waals surface area (Å²) in [5.74, 6) is 3.48. The van der Waals surface area contributed by atoms with E-state index in [0.717, 1.165) is 30.3 Å². The van der Waals surface area contributed by atoms with Crippen LogP contribution >= 0.6 is 11.8 Å². The molecule has 0 saturated carbocycles. The molecule has 2 rings (SSSR count). The Bertz CT molecular complexity index is 366. The Hall–Kier alpha value is -0.840. The maximum Gasteiger partial charge on any atom is 0.150 e. The maximum absolute atomic E-state index is 6.14. The van der Waals surface area contributed by atoms with E-state index in [2.05, 4.69) is 28.5 Å². The molecule has 1 aromatic heterocycles. The minimum absolute atomic E-state index is 0.362. The van der Waals surface area contributed by atoms with Gasteiger partial charge in [-0.1, -0.05) is 0 Å². The number of anilines is 2. The third kappa shape index (κ3) is 2.00. The smallest absolute Gasteiger partial charge is 0.150 e. The summed E-state index contributed by atoms with van der Waals surface area (Å²) in [6, 6.07) is 0.362. The van der Waals surface area contributed by atoms with Crippen LogP contribution in [0.25, 0.3) is 0 Å². The first-order valence-electron chi connectivity index (χ1n) is 5.78. The lowest BCUT2D eigenvalue weighted by atomic mass is 10.3. The molecule has 90 valence electrons. The molecule has 4 nitrogen and oxygen atoms in total. The van der Waals surface area contributed by atoms with E-state index < -0.39 is 0 Å². The zero-order valence-electron chi connectivity index (χ0n) is 10.2. The fraction of sp³-hybridized carbons (Fsp3) is 0.727. The van der Waals surface area contributed by atoms with Crippen molar-refractivity contribution in [1.82, 2.24) is 9.78 Å². The van der Waals surface area contributed by atoms with Crippen LogP contribution in [0.2, 0.25) is 0 Å². The number of nitrogens with two attached hydrogens (primary N) is 1. The third-order valence-electron chi connectivity index (χ3n) is 2.91. The highest BCUT2D eigenvalue weighted by Crippen LogP contribution is 2.30. The summed E-state index contributed by atoms with van der Waals surface area (Å²) in [6.07, 6.45) is 0. The number of rotatable bonds is 2. The summed E-state index contributed by atoms with van der Waals surface area (Å²) in [5, 5.41) is 4.53. The second kappa shape index (κ2) is 4.57. The molecule has 0 aromatic carbocycles. The van der Waals surface area contributed by atoms with Crippen molar-refractivity contribution >= 4 is 23.3 Å². The zero-order valence-corrected chi connectivity index (χ0v) is 11.0. The Morgan fingerprint density at radius 3 is 2.50 bits per heavy atom. The van der Waals surface area contributed by atoms with E-state index in [0.29, 0.717) is 6.04 Å². The first-order chi connectivity index (χ1) is 7.61. The van der Waals surface area contributed by atoms with Crippen molar-refractivity contribution in [3.8, 4) is 0 Å². The van der Waals surface area contributed by atoms with E-state index in [1.165, 1.54) is 11.5 Å². The van der Waals surface area contributed by atoms with Crippen LogP contribution in [0.3, 0.4) is 0 Å². The van der Waals surface area contributed by atoms with Crippen molar-refractivity contribution in [2.24, 2.45) is 0 Å². The van der Waals surface area contributed by atoms with Crippen LogP contribution in [-0.2, 0) is 0 Å². The number of hydrogen-bond donors (Lipinski definition) is 1. The van der Waals surface area contributed by atoms with Gasteiger partial charge in [0.2, 0.25) is 0 Å². The fourth-order valence-electron chi connectivity index (χ4n) is 2.00. The number of nitrogen functional groups attached to an aromatic ring is 1. The third-order valence-corrected chi connectivity index (χ3v) is 3.85. The van der Waals surface area contributed by atoms with Crippen LogP contribution in [0.1, 0.15) is 25.6 Å². The van der Waals surface area contributed by atoms with Gasteiger partial charge in [0.15, 0.2) is 5.82 Å². The molecule has 0 spiro atoms. The van der Waals surface area contributed by atoms with Crippen LogP contribution in [0.4, 0.5) is 11.5 Å². The van der Waals surface area contributed by atoms with Gasteiger partial charge in [-0.25, -0.2) is 4.68 Å². The van der Waals surface area contributed by atoms with Crippen molar-refractivity contribution in [2.75, 3.05) is 35.2 Å². The van der Waals surface area contributed by atoms with Gasteiger partial charge in [-0.3, -0.25) is 0 Å². The van der Waals surface area contributed by atoms with E-state index in [1.54, 1.807) is 0 Å². The van der Waals surface area contributed by atoms with Crippen molar-refractivity contribution in [3.05, 3.63) is 5.69 Å². The second-order valence-corrected chi connectivity index (χ2v) is 5.69. The van der Waals surface area contributed by atoms with Gasteiger partial charge in [0.25, 0.3) is 0 Å². The van der Waals surface area contributed by atoms with E-state index >= 15 is 0 Å². The largest absolute Gasteiger partial charge is 0.394 e. The standard InChI is InChI=1S/C11H20N4S/c1-8(2)15-11(10(12)9(3)13-15)14-4-6-16-7-5-14/h8H,4-7,12H2,1-3H3. The Balaban J connectivity index is 2.36. The molecule has 0 aliphatic carbocycles. The van der Waals surface area contributed by atoms with Crippen LogP contribution in [0, 0.1) is 6.92 Å². The summed E-state index contributed by atoms with van der Waals surface area (Å²) in [7, 11) is 0. The van der Waals surface area contributed by atoms with E-state index in [4.69, 9.17) is 5.73 Å². The fourth-order valence-corrected chi connectivity index (χ4v) is 2.90. The molecule has 0 atom stereocenters. The highest BCUT2D eigenvalue weighted by atomic mass is 32.2. The monoisotopic (exact) mass is 240 g/mol. The van der Waals surface area contributed by atoms with Gasteiger partial charge in [0.05, 0.1) is 11.4 Å². The average molecular weight is 240 g/mol. The molecule has 2 N–H and O–H groups in total. The summed E-state index contributed by atoms with van der Waals surface area (Å²) in [5.41, 5.74) is 7.93. The highest BCUT2D eigenvalue weighted by molar-refractivity contribution is 7.99. The Kier molecular flexibility index (Phi) is 3.33. The highest BCUT2D eigenvalue weighted by Gasteiger charge is 2.21. The second-order valence-electron chi connectivity index (χ2n) is 4.46. The van der Waals surface area contributed by atoms with Gasteiger partial charge >= 0.3 is 0 Å². The predicted octanol–water partition coefficient (Wildman–Crippen LogP) is 1.91. The number of thioether (sulfide) groups is 1. The van der Waals surface area contributed by atoms with Crippen LogP contribution in [0.5, 0.6) is 0 Å². The molecule has 16 heavy (non-hydrogen) atoms. The molecule has 0 bridgehead atoms. The van der Waals surface area contributed by atoms with Gasteiger partial charge in [0, 0.05) is 30.6 Å². The molecule has 1 fully saturated rings. The molecule has 1 aliphatic heterocycles. The molecule has 5 heteroatoms. The lowest BCUT2D eigenvalue weighted by molar-refractivity contribution is 0.524. The Morgan fingerprint density at radius 1 is 1.31 bits per heavy atom. The van der Waals surface area contributed by atoms with Crippen molar-refractivity contribution in [3.63, 3.8) is 0 Å². The van der Waals surface area contributed by atoms with Crippen LogP contribution in [-0.4, -0.2) is 34.4 Å². The number of hydrogen-bond acceptors (Lipinski definition) is 4. The lowest BCUT2D eigenvalue weighted by Gasteiger charge is -2.30. The van der Waals surface area contributed by atoms with Crippen LogP contribution in [0.15, 0.2) is 0 Å². The number of aromatic nitrogens is 2. The van der Waals surface area contributed by atoms with Gasteiger partial charge in [-0.15, -0.1) is 0 Å². The number of aryl methyl sites for hydroxylation is 1. The Labute approximate surface area is 101 Å². The molecule has 1 aromatic rings. The minimum atomic E-state index is 0.362. The molecule has 2 heterocycles. The predicted molar refractivity (Wildman–Crippen MR) is 71.3 cm³/mol. The van der Waals surface area contributed by atoms with E-state index in [1.807, 2.05) is 18.7 Å². The SMILES string of the molecule is Cc1nn(C(C)C)c(N2CCSCC2)c1N. The summed E-state index contributed by atoms with van der Waals surface area (Å²) < 4.78 is 2.06. The summed E-state index contributed by atoms with van der Waals surface area (Å²) in [6.45, 7) is 8.43. The average Bonchev–Trinajstić information content (AvgIpc) is 2.57. The minimum Gasteiger partial charge on any atom is -0.394 e. The Morgan fingerprint density at radius 2 is 1.94 bits per heavy atom. The first-order valence-corrected chi connectivity index (χ1v) is 6.94. The normalized spacial score (nSPS) is 17.1. The van der Waals surface area contributed by atoms with Gasteiger partial charge in [-0.2, -0.15) is 16.9 Å². The zero-order chi connectivity index (χ0) is 11.7. The first kappa shape index (κ1) is 11.6. The number of nitrogens with zero attached hydrogens (tertiary/aromatic N) is 3. The van der Waals surface area contributed by atoms with Crippen molar-refractivity contribution in [2.45, 2.75) is 26.8 Å². The molecule has 1 aliphatic rings. The van der Waals surface area contributed by atoms with E-state index in [9.17, 15) is 0 Å². The summed E-state index contributed by atoms with van der Waals surface area (Å²) in [4.78, 5) is 2.37. The van der Waals surface area contributed by atoms with Gasteiger partial charge < -0.3 is 10.6 Å². The molecular weight excluding hydrogens is 220 g/mol. The lowest BCUT2D eigenvalue weighted by Crippen LogP contribution is -2.35. The topological polar surface area (TPSA) is 47.1 Å².